The van der Waals surface area contributed by atoms with Crippen molar-refractivity contribution >= 4 is 5.97 Å². The van der Waals surface area contributed by atoms with E-state index in [0.29, 0.717) is 12.1 Å². The molecule has 0 heterocycles. The lowest BCUT2D eigenvalue weighted by atomic mass is 10.0. The van der Waals surface area contributed by atoms with Gasteiger partial charge in [-0.1, -0.05) is 6.07 Å². The smallest absolute Gasteiger partial charge is 0.338 e. The number of hydrogen-bond acceptors (Lipinski definition) is 3. The highest BCUT2D eigenvalue weighted by Gasteiger charge is 2.22. The summed E-state index contributed by atoms with van der Waals surface area (Å²) in [5.74, 6) is -2.02. The van der Waals surface area contributed by atoms with E-state index in [0.717, 1.165) is 0 Å². The van der Waals surface area contributed by atoms with E-state index in [1.54, 1.807) is 6.07 Å². The van der Waals surface area contributed by atoms with Crippen molar-refractivity contribution in [3.8, 4) is 0 Å². The number of carboxylic acid groups (broad SMARTS) is 1. The lowest BCUT2D eigenvalue weighted by Crippen LogP contribution is -2.43. The Bertz CT molecular complexity index is 446. The fraction of sp³-hybridized carbons (Fsp3) is 0.462. The SMILES string of the molecule is CN(Cc1ccc(C(=O)O)c(F)c1)C(C)(C)CO. The first-order chi connectivity index (χ1) is 8.27. The molecule has 0 fully saturated rings. The summed E-state index contributed by atoms with van der Waals surface area (Å²) < 4.78 is 13.5. The fourth-order valence-corrected chi connectivity index (χ4v) is 1.44. The van der Waals surface area contributed by atoms with Gasteiger partial charge in [-0.25, -0.2) is 9.18 Å². The third-order valence-electron chi connectivity index (χ3n) is 3.10. The molecule has 0 unspecified atom stereocenters. The Hall–Kier alpha value is -1.46. The minimum atomic E-state index is -1.27. The van der Waals surface area contributed by atoms with Gasteiger partial charge < -0.3 is 10.2 Å². The first kappa shape index (κ1) is 14.6. The second kappa shape index (κ2) is 5.46. The predicted molar refractivity (Wildman–Crippen MR) is 66.0 cm³/mol. The minimum Gasteiger partial charge on any atom is -0.478 e. The van der Waals surface area contributed by atoms with Crippen LogP contribution in [0.3, 0.4) is 0 Å². The number of likely N-dealkylation sites (N-methyl/N-ethyl adjacent to an activating group) is 1. The quantitative estimate of drug-likeness (QED) is 0.841. The first-order valence-corrected chi connectivity index (χ1v) is 5.62. The molecule has 0 bridgehead atoms. The maximum absolute atomic E-state index is 13.5. The zero-order valence-electron chi connectivity index (χ0n) is 10.8. The summed E-state index contributed by atoms with van der Waals surface area (Å²) in [6, 6.07) is 4.05. The zero-order valence-corrected chi connectivity index (χ0v) is 10.8. The van der Waals surface area contributed by atoms with E-state index in [2.05, 4.69) is 0 Å². The van der Waals surface area contributed by atoms with Crippen molar-refractivity contribution in [2.75, 3.05) is 13.7 Å². The van der Waals surface area contributed by atoms with Crippen LogP contribution in [-0.2, 0) is 6.54 Å². The van der Waals surface area contributed by atoms with Crippen LogP contribution in [0.25, 0.3) is 0 Å². The highest BCUT2D eigenvalue weighted by molar-refractivity contribution is 5.87. The van der Waals surface area contributed by atoms with Crippen molar-refractivity contribution in [1.29, 1.82) is 0 Å². The Morgan fingerprint density at radius 1 is 1.44 bits per heavy atom. The topological polar surface area (TPSA) is 60.8 Å². The highest BCUT2D eigenvalue weighted by atomic mass is 19.1. The number of carbonyl (C=O) groups is 1. The van der Waals surface area contributed by atoms with Gasteiger partial charge >= 0.3 is 5.97 Å². The fourth-order valence-electron chi connectivity index (χ4n) is 1.44. The molecule has 0 radical (unpaired) electrons. The predicted octanol–water partition coefficient (Wildman–Crippen LogP) is 1.73. The van der Waals surface area contributed by atoms with Gasteiger partial charge in [0.15, 0.2) is 0 Å². The summed E-state index contributed by atoms with van der Waals surface area (Å²) in [6.07, 6.45) is 0. The van der Waals surface area contributed by atoms with Gasteiger partial charge in [0, 0.05) is 12.1 Å². The van der Waals surface area contributed by atoms with Crippen molar-refractivity contribution in [3.05, 3.63) is 35.1 Å². The summed E-state index contributed by atoms with van der Waals surface area (Å²) in [5, 5.41) is 17.9. The van der Waals surface area contributed by atoms with E-state index in [9.17, 15) is 14.3 Å². The van der Waals surface area contributed by atoms with Crippen LogP contribution in [0.15, 0.2) is 18.2 Å². The molecule has 0 amide bonds. The van der Waals surface area contributed by atoms with E-state index < -0.39 is 17.3 Å². The van der Waals surface area contributed by atoms with Gasteiger partial charge in [0.1, 0.15) is 5.82 Å². The number of aliphatic hydroxyl groups excluding tert-OH is 1. The Morgan fingerprint density at radius 3 is 2.50 bits per heavy atom. The van der Waals surface area contributed by atoms with Crippen molar-refractivity contribution < 1.29 is 19.4 Å². The van der Waals surface area contributed by atoms with Gasteiger partial charge in [0.25, 0.3) is 0 Å². The van der Waals surface area contributed by atoms with Crippen molar-refractivity contribution in [2.24, 2.45) is 0 Å². The molecule has 1 aromatic rings. The van der Waals surface area contributed by atoms with Crippen LogP contribution in [0.4, 0.5) is 4.39 Å². The van der Waals surface area contributed by atoms with E-state index in [-0.39, 0.29) is 12.2 Å². The number of carboxylic acids is 1. The average molecular weight is 255 g/mol. The molecule has 0 atom stereocenters. The van der Waals surface area contributed by atoms with Crippen molar-refractivity contribution in [2.45, 2.75) is 25.9 Å². The van der Waals surface area contributed by atoms with Crippen LogP contribution >= 0.6 is 0 Å². The Balaban J connectivity index is 2.87. The molecule has 0 aliphatic rings. The van der Waals surface area contributed by atoms with Crippen LogP contribution in [-0.4, -0.2) is 40.3 Å². The third-order valence-corrected chi connectivity index (χ3v) is 3.10. The van der Waals surface area contributed by atoms with Crippen molar-refractivity contribution in [3.63, 3.8) is 0 Å². The van der Waals surface area contributed by atoms with Gasteiger partial charge in [0.05, 0.1) is 12.2 Å². The molecule has 5 heteroatoms. The molecule has 100 valence electrons. The van der Waals surface area contributed by atoms with Crippen molar-refractivity contribution in [1.82, 2.24) is 4.90 Å². The molecular formula is C13H18FNO3. The molecule has 0 aliphatic heterocycles. The summed E-state index contributed by atoms with van der Waals surface area (Å²) in [4.78, 5) is 12.6. The maximum atomic E-state index is 13.5. The number of rotatable bonds is 5. The normalized spacial score (nSPS) is 11.9. The number of aliphatic hydroxyl groups is 1. The number of benzene rings is 1. The van der Waals surface area contributed by atoms with E-state index in [1.807, 2.05) is 25.8 Å². The molecule has 0 saturated heterocycles. The van der Waals surface area contributed by atoms with Crippen LogP contribution in [0.2, 0.25) is 0 Å². The second-order valence-corrected chi connectivity index (χ2v) is 4.95. The van der Waals surface area contributed by atoms with Crippen LogP contribution in [0, 0.1) is 5.82 Å². The van der Waals surface area contributed by atoms with Gasteiger partial charge in [-0.3, -0.25) is 4.90 Å². The lowest BCUT2D eigenvalue weighted by molar-refractivity contribution is 0.0690. The number of hydrogen-bond donors (Lipinski definition) is 2. The minimum absolute atomic E-state index is 0.0147. The lowest BCUT2D eigenvalue weighted by Gasteiger charge is -2.33. The molecule has 4 nitrogen and oxygen atoms in total. The maximum Gasteiger partial charge on any atom is 0.338 e. The molecule has 18 heavy (non-hydrogen) atoms. The largest absolute Gasteiger partial charge is 0.478 e. The van der Waals surface area contributed by atoms with Gasteiger partial charge in [-0.15, -0.1) is 0 Å². The molecular weight excluding hydrogens is 237 g/mol. The summed E-state index contributed by atoms with van der Waals surface area (Å²) in [5.41, 5.74) is -0.0774. The molecule has 1 rings (SSSR count). The van der Waals surface area contributed by atoms with Gasteiger partial charge in [-0.2, -0.15) is 0 Å². The molecule has 0 spiro atoms. The molecule has 0 aromatic heterocycles. The Kier molecular flexibility index (Phi) is 4.43. The standard InChI is InChI=1S/C13H18FNO3/c1-13(2,8-16)15(3)7-9-4-5-10(12(17)18)11(14)6-9/h4-6,16H,7-8H2,1-3H3,(H,17,18). The molecule has 0 aliphatic carbocycles. The van der Waals surface area contributed by atoms with Crippen LogP contribution < -0.4 is 0 Å². The zero-order chi connectivity index (χ0) is 13.9. The number of halogens is 1. The van der Waals surface area contributed by atoms with E-state index in [4.69, 9.17) is 5.11 Å². The number of nitrogens with zero attached hydrogens (tertiary/aromatic N) is 1. The van der Waals surface area contributed by atoms with Crippen LogP contribution in [0.1, 0.15) is 29.8 Å². The summed E-state index contributed by atoms with van der Waals surface area (Å²) in [7, 11) is 1.82. The first-order valence-electron chi connectivity index (χ1n) is 5.62. The summed E-state index contributed by atoms with van der Waals surface area (Å²) in [6.45, 7) is 4.16. The molecule has 2 N–H and O–H groups in total. The highest BCUT2D eigenvalue weighted by Crippen LogP contribution is 2.17. The molecule has 0 saturated carbocycles. The Labute approximate surface area is 106 Å². The average Bonchev–Trinajstić information content (AvgIpc) is 2.28. The van der Waals surface area contributed by atoms with E-state index in [1.165, 1.54) is 12.1 Å². The monoisotopic (exact) mass is 255 g/mol. The Morgan fingerprint density at radius 2 is 2.06 bits per heavy atom. The second-order valence-electron chi connectivity index (χ2n) is 4.95. The number of aromatic carboxylic acids is 1. The molecule has 1 aromatic carbocycles. The third kappa shape index (κ3) is 3.27. The van der Waals surface area contributed by atoms with Gasteiger partial charge in [0.2, 0.25) is 0 Å². The van der Waals surface area contributed by atoms with Gasteiger partial charge in [-0.05, 0) is 38.6 Å². The van der Waals surface area contributed by atoms with Crippen LogP contribution in [0.5, 0.6) is 0 Å². The summed E-state index contributed by atoms with van der Waals surface area (Å²) >= 11 is 0. The van der Waals surface area contributed by atoms with E-state index >= 15 is 0 Å².